The highest BCUT2D eigenvalue weighted by Crippen LogP contribution is 2.21. The van der Waals surface area contributed by atoms with Crippen molar-refractivity contribution in [2.45, 2.75) is 51.7 Å². The van der Waals surface area contributed by atoms with Gasteiger partial charge in [-0.15, -0.1) is 0 Å². The van der Waals surface area contributed by atoms with Crippen LogP contribution in [0.15, 0.2) is 24.3 Å². The second-order valence-corrected chi connectivity index (χ2v) is 5.03. The molecule has 4 heteroatoms. The zero-order valence-electron chi connectivity index (χ0n) is 12.3. The summed E-state index contributed by atoms with van der Waals surface area (Å²) in [6.45, 7) is 4.90. The maximum atomic E-state index is 10.7. The van der Waals surface area contributed by atoms with Gasteiger partial charge in [-0.2, -0.15) is 0 Å². The first-order chi connectivity index (χ1) is 9.58. The molecule has 0 bridgehead atoms. The summed E-state index contributed by atoms with van der Waals surface area (Å²) < 4.78 is 0. The van der Waals surface area contributed by atoms with Crippen LogP contribution in [0.25, 0.3) is 0 Å². The lowest BCUT2D eigenvalue weighted by molar-refractivity contribution is -0.137. The molecule has 0 heterocycles. The van der Waals surface area contributed by atoms with Gasteiger partial charge in [-0.25, -0.2) is 0 Å². The first-order valence-electron chi connectivity index (χ1n) is 7.30. The third-order valence-corrected chi connectivity index (χ3v) is 3.44. The van der Waals surface area contributed by atoms with Gasteiger partial charge in [0.05, 0.1) is 6.10 Å². The van der Waals surface area contributed by atoms with Gasteiger partial charge in [0, 0.05) is 12.5 Å². The normalized spacial score (nSPS) is 13.9. The van der Waals surface area contributed by atoms with Crippen molar-refractivity contribution in [1.29, 1.82) is 0 Å². The van der Waals surface area contributed by atoms with Crippen molar-refractivity contribution >= 4 is 5.97 Å². The van der Waals surface area contributed by atoms with Crippen molar-refractivity contribution in [2.75, 3.05) is 6.54 Å². The topological polar surface area (TPSA) is 69.6 Å². The number of hydrogen-bond acceptors (Lipinski definition) is 3. The number of nitrogens with one attached hydrogen (secondary N) is 1. The Bertz CT molecular complexity index is 403. The minimum Gasteiger partial charge on any atom is -0.481 e. The van der Waals surface area contributed by atoms with Crippen LogP contribution in [0.3, 0.4) is 0 Å². The number of rotatable bonds is 9. The van der Waals surface area contributed by atoms with E-state index in [1.54, 1.807) is 0 Å². The number of aliphatic hydroxyl groups is 1. The van der Waals surface area contributed by atoms with E-state index in [4.69, 9.17) is 5.11 Å². The van der Waals surface area contributed by atoms with E-state index in [-0.39, 0.29) is 12.5 Å². The summed E-state index contributed by atoms with van der Waals surface area (Å²) in [5, 5.41) is 22.5. The molecule has 0 radical (unpaired) electrons. The molecule has 1 rings (SSSR count). The Kier molecular flexibility index (Phi) is 7.26. The Morgan fingerprint density at radius 2 is 1.90 bits per heavy atom. The van der Waals surface area contributed by atoms with Crippen LogP contribution in [0.2, 0.25) is 0 Å². The van der Waals surface area contributed by atoms with Crippen LogP contribution in [0.5, 0.6) is 0 Å². The number of carbonyl (C=O) groups is 1. The molecule has 20 heavy (non-hydrogen) atoms. The molecule has 1 aromatic carbocycles. The zero-order valence-corrected chi connectivity index (χ0v) is 12.3. The van der Waals surface area contributed by atoms with Crippen LogP contribution in [-0.2, 0) is 11.2 Å². The fourth-order valence-electron chi connectivity index (χ4n) is 2.16. The van der Waals surface area contributed by atoms with Gasteiger partial charge in [0.2, 0.25) is 0 Å². The van der Waals surface area contributed by atoms with Crippen LogP contribution in [0, 0.1) is 0 Å². The maximum Gasteiger partial charge on any atom is 0.303 e. The second-order valence-electron chi connectivity index (χ2n) is 5.03. The second kappa shape index (κ2) is 8.72. The number of hydrogen-bond donors (Lipinski definition) is 3. The molecule has 2 unspecified atom stereocenters. The van der Waals surface area contributed by atoms with Gasteiger partial charge < -0.3 is 15.5 Å². The lowest BCUT2D eigenvalue weighted by Gasteiger charge is -2.24. The number of aliphatic carboxylic acids is 1. The van der Waals surface area contributed by atoms with Gasteiger partial charge in [0.25, 0.3) is 0 Å². The van der Waals surface area contributed by atoms with Crippen LogP contribution >= 0.6 is 0 Å². The molecule has 0 fully saturated rings. The molecule has 0 spiro atoms. The molecule has 3 N–H and O–H groups in total. The molecule has 4 nitrogen and oxygen atoms in total. The predicted octanol–water partition coefficient (Wildman–Crippen LogP) is 2.52. The molecule has 0 aliphatic rings. The molecule has 2 atom stereocenters. The molecular weight excluding hydrogens is 254 g/mol. The van der Waals surface area contributed by atoms with Crippen molar-refractivity contribution in [3.8, 4) is 0 Å². The van der Waals surface area contributed by atoms with E-state index < -0.39 is 12.1 Å². The highest BCUT2D eigenvalue weighted by Gasteiger charge is 2.21. The molecule has 112 valence electrons. The largest absolute Gasteiger partial charge is 0.481 e. The summed E-state index contributed by atoms with van der Waals surface area (Å²) in [6.07, 6.45) is 1.72. The summed E-state index contributed by atoms with van der Waals surface area (Å²) >= 11 is 0. The average Bonchev–Trinajstić information content (AvgIpc) is 2.46. The fraction of sp³-hybridized carbons (Fsp3) is 0.562. The first-order valence-corrected chi connectivity index (χ1v) is 7.30. The van der Waals surface area contributed by atoms with Crippen molar-refractivity contribution in [3.05, 3.63) is 35.4 Å². The SMILES string of the molecule is CCCNC(CCC(=O)O)C(O)c1ccc(CC)cc1. The van der Waals surface area contributed by atoms with E-state index in [1.807, 2.05) is 31.2 Å². The highest BCUT2D eigenvalue weighted by molar-refractivity contribution is 5.66. The standard InChI is InChI=1S/C16H25NO3/c1-3-11-17-14(9-10-15(18)19)16(20)13-7-5-12(4-2)6-8-13/h5-8,14,16-17,20H,3-4,9-11H2,1-2H3,(H,18,19). The Morgan fingerprint density at radius 3 is 2.40 bits per heavy atom. The van der Waals surface area contributed by atoms with E-state index in [0.717, 1.165) is 24.9 Å². The smallest absolute Gasteiger partial charge is 0.303 e. The van der Waals surface area contributed by atoms with Gasteiger partial charge in [-0.05, 0) is 36.9 Å². The molecule has 0 aliphatic carbocycles. The lowest BCUT2D eigenvalue weighted by atomic mass is 9.97. The summed E-state index contributed by atoms with van der Waals surface area (Å²) in [4.78, 5) is 10.7. The van der Waals surface area contributed by atoms with E-state index in [2.05, 4.69) is 12.2 Å². The van der Waals surface area contributed by atoms with Crippen LogP contribution in [-0.4, -0.2) is 28.8 Å². The Labute approximate surface area is 120 Å². The minimum absolute atomic E-state index is 0.0610. The number of carboxylic acids is 1. The molecule has 0 aromatic heterocycles. The Balaban J connectivity index is 2.73. The molecule has 0 saturated carbocycles. The van der Waals surface area contributed by atoms with Gasteiger partial charge in [0.1, 0.15) is 0 Å². The van der Waals surface area contributed by atoms with Crippen molar-refractivity contribution in [1.82, 2.24) is 5.32 Å². The van der Waals surface area contributed by atoms with Crippen molar-refractivity contribution in [3.63, 3.8) is 0 Å². The van der Waals surface area contributed by atoms with Crippen LogP contribution in [0.4, 0.5) is 0 Å². The van der Waals surface area contributed by atoms with E-state index in [1.165, 1.54) is 5.56 Å². The van der Waals surface area contributed by atoms with E-state index in [0.29, 0.717) is 6.42 Å². The van der Waals surface area contributed by atoms with Crippen molar-refractivity contribution < 1.29 is 15.0 Å². The van der Waals surface area contributed by atoms with Gasteiger partial charge in [0.15, 0.2) is 0 Å². The predicted molar refractivity (Wildman–Crippen MR) is 79.7 cm³/mol. The quantitative estimate of drug-likeness (QED) is 0.649. The molecule has 0 saturated heterocycles. The van der Waals surface area contributed by atoms with Gasteiger partial charge in [-0.1, -0.05) is 38.1 Å². The minimum atomic E-state index is -0.832. The van der Waals surface area contributed by atoms with E-state index >= 15 is 0 Å². The number of aryl methyl sites for hydroxylation is 1. The summed E-state index contributed by atoms with van der Waals surface area (Å²) in [5.41, 5.74) is 2.06. The molecule has 0 amide bonds. The fourth-order valence-corrected chi connectivity index (χ4v) is 2.16. The number of aliphatic hydroxyl groups excluding tert-OH is 1. The molecular formula is C16H25NO3. The third-order valence-electron chi connectivity index (χ3n) is 3.44. The Morgan fingerprint density at radius 1 is 1.25 bits per heavy atom. The van der Waals surface area contributed by atoms with Crippen molar-refractivity contribution in [2.24, 2.45) is 0 Å². The van der Waals surface area contributed by atoms with Crippen LogP contribution in [0.1, 0.15) is 50.3 Å². The van der Waals surface area contributed by atoms with Gasteiger partial charge in [-0.3, -0.25) is 4.79 Å². The maximum absolute atomic E-state index is 10.7. The Hall–Kier alpha value is -1.39. The summed E-state index contributed by atoms with van der Waals surface area (Å²) in [6, 6.07) is 7.63. The highest BCUT2D eigenvalue weighted by atomic mass is 16.4. The van der Waals surface area contributed by atoms with Gasteiger partial charge >= 0.3 is 5.97 Å². The summed E-state index contributed by atoms with van der Waals surface area (Å²) in [7, 11) is 0. The molecule has 1 aromatic rings. The summed E-state index contributed by atoms with van der Waals surface area (Å²) in [5.74, 6) is -0.832. The number of benzene rings is 1. The van der Waals surface area contributed by atoms with E-state index in [9.17, 15) is 9.90 Å². The first kappa shape index (κ1) is 16.7. The monoisotopic (exact) mass is 279 g/mol. The third kappa shape index (κ3) is 5.31. The van der Waals surface area contributed by atoms with Crippen LogP contribution < -0.4 is 5.32 Å². The average molecular weight is 279 g/mol. The number of carboxylic acid groups (broad SMARTS) is 1. The molecule has 0 aliphatic heterocycles. The zero-order chi connectivity index (χ0) is 15.0. The lowest BCUT2D eigenvalue weighted by Crippen LogP contribution is -2.36.